The van der Waals surface area contributed by atoms with E-state index in [9.17, 15) is 0 Å². The highest BCUT2D eigenvalue weighted by Gasteiger charge is 2.31. The van der Waals surface area contributed by atoms with Crippen LogP contribution in [0.15, 0.2) is 24.3 Å². The molecule has 20 heteroatoms. The standard InChI is InChI=1S/C36H6Cl16N4/c37-21-13-5-1-6-14-16(24(40)32(48)30(46)22(14)38)8(54-6)3-10-18-20(28(44)36(52)34(50)26(18)42)12(56-10)4-11-19-17(25(41)33(49)35(51)27(19)43)9(55-11)2-7(53-5)15(13)23(39)31(47)29(21)45/h1-4,53,56H. The number of fused-ring (bicyclic) bond motifs is 20. The van der Waals surface area contributed by atoms with Crippen molar-refractivity contribution in [2.24, 2.45) is 0 Å². The molecule has 56 heavy (non-hydrogen) atoms. The molecule has 4 aromatic carbocycles. The van der Waals surface area contributed by atoms with Gasteiger partial charge in [-0.3, -0.25) is 0 Å². The number of halogens is 16. The highest BCUT2D eigenvalue weighted by atomic mass is 35.5. The first-order valence-electron chi connectivity index (χ1n) is 15.2. The molecule has 0 aliphatic carbocycles. The van der Waals surface area contributed by atoms with Gasteiger partial charge in [0.15, 0.2) is 0 Å². The summed E-state index contributed by atoms with van der Waals surface area (Å²) in [6.07, 6.45) is 0. The van der Waals surface area contributed by atoms with E-state index in [1.54, 1.807) is 24.3 Å². The van der Waals surface area contributed by atoms with Gasteiger partial charge in [-0.1, -0.05) is 186 Å². The second kappa shape index (κ2) is 14.4. The monoisotopic (exact) mass is 1050 g/mol. The van der Waals surface area contributed by atoms with Gasteiger partial charge in [-0.15, -0.1) is 0 Å². The Kier molecular flexibility index (Phi) is 10.4. The van der Waals surface area contributed by atoms with Crippen LogP contribution >= 0.6 is 186 Å². The first kappa shape index (κ1) is 40.6. The lowest BCUT2D eigenvalue weighted by Crippen LogP contribution is -1.85. The number of aromatic amines is 2. The fourth-order valence-electron chi connectivity index (χ4n) is 6.92. The first-order chi connectivity index (χ1) is 26.4. The Hall–Kier alpha value is -0.840. The summed E-state index contributed by atoms with van der Waals surface area (Å²) < 4.78 is 0. The van der Waals surface area contributed by atoms with Crippen LogP contribution in [0.3, 0.4) is 0 Å². The fraction of sp³-hybridized carbons (Fsp3) is 0. The summed E-state index contributed by atoms with van der Waals surface area (Å²) in [7, 11) is 0. The maximum atomic E-state index is 6.93. The third kappa shape index (κ3) is 5.71. The van der Waals surface area contributed by atoms with E-state index in [1.165, 1.54) is 0 Å². The molecule has 0 saturated heterocycles. The minimum absolute atomic E-state index is 0.00378. The molecule has 2 N–H and O–H groups in total. The molecule has 0 unspecified atom stereocenters. The Labute approximate surface area is 394 Å². The zero-order chi connectivity index (χ0) is 40.1. The molecule has 8 bridgehead atoms. The Morgan fingerprint density at radius 3 is 0.625 bits per heavy atom. The smallest absolute Gasteiger partial charge is 0.0801 e. The lowest BCUT2D eigenvalue weighted by atomic mass is 10.0. The highest BCUT2D eigenvalue weighted by Crippen LogP contribution is 2.56. The summed E-state index contributed by atoms with van der Waals surface area (Å²) in [4.78, 5) is 16.7. The molecule has 0 atom stereocenters. The third-order valence-electron chi connectivity index (χ3n) is 9.32. The molecule has 4 nitrogen and oxygen atoms in total. The normalized spacial score (nSPS) is 12.3. The summed E-state index contributed by atoms with van der Waals surface area (Å²) in [6.45, 7) is 0. The number of hydrogen-bond donors (Lipinski definition) is 2. The van der Waals surface area contributed by atoms with E-state index in [1.807, 2.05) is 0 Å². The van der Waals surface area contributed by atoms with Crippen molar-refractivity contribution in [1.82, 2.24) is 19.9 Å². The number of nitrogens with one attached hydrogen (secondary N) is 2. The van der Waals surface area contributed by atoms with Gasteiger partial charge in [0.2, 0.25) is 0 Å². The second-order valence-electron chi connectivity index (χ2n) is 12.3. The average molecular weight is 1060 g/mol. The number of hydrogen-bond acceptors (Lipinski definition) is 2. The zero-order valence-corrected chi connectivity index (χ0v) is 38.3. The number of nitrogens with zero attached hydrogens (tertiary/aromatic N) is 2. The Balaban J connectivity index is 1.61. The van der Waals surface area contributed by atoms with Crippen molar-refractivity contribution in [3.63, 3.8) is 0 Å². The van der Waals surface area contributed by atoms with E-state index in [0.29, 0.717) is 88.6 Å². The minimum atomic E-state index is 0.00378. The van der Waals surface area contributed by atoms with Gasteiger partial charge in [-0.05, 0) is 24.3 Å². The van der Waals surface area contributed by atoms with E-state index < -0.39 is 0 Å². The van der Waals surface area contributed by atoms with E-state index in [2.05, 4.69) is 9.97 Å². The predicted octanol–water partition coefficient (Wildman–Crippen LogP) is 19.7. The number of rotatable bonds is 0. The van der Waals surface area contributed by atoms with Gasteiger partial charge in [0, 0.05) is 43.8 Å². The molecule has 0 amide bonds. The molecule has 0 saturated carbocycles. The fourth-order valence-corrected chi connectivity index (χ4v) is 11.1. The molecule has 0 fully saturated rings. The number of aromatic nitrogens is 4. The highest BCUT2D eigenvalue weighted by molar-refractivity contribution is 6.59. The summed E-state index contributed by atoms with van der Waals surface area (Å²) in [5.41, 5.74) is 4.10. The molecular weight excluding hydrogens is 1060 g/mol. The number of benzene rings is 4. The summed E-state index contributed by atoms with van der Waals surface area (Å²) in [5.74, 6) is 0. The molecule has 2 aliphatic heterocycles. The van der Waals surface area contributed by atoms with Gasteiger partial charge in [0.25, 0.3) is 0 Å². The summed E-state index contributed by atoms with van der Waals surface area (Å²) in [5, 5.41) is 2.21. The zero-order valence-electron chi connectivity index (χ0n) is 26.3. The molecule has 5 heterocycles. The van der Waals surface area contributed by atoms with Crippen LogP contribution in [-0.2, 0) is 0 Å². The van der Waals surface area contributed by atoms with Gasteiger partial charge in [0.05, 0.1) is 125 Å². The van der Waals surface area contributed by atoms with Crippen molar-refractivity contribution < 1.29 is 0 Å². The maximum absolute atomic E-state index is 6.93. The van der Waals surface area contributed by atoms with Crippen molar-refractivity contribution in [3.05, 3.63) is 105 Å². The molecular formula is C36H6Cl16N4. The molecule has 0 spiro atoms. The first-order valence-corrected chi connectivity index (χ1v) is 21.3. The van der Waals surface area contributed by atoms with Crippen molar-refractivity contribution in [2.45, 2.75) is 0 Å². The van der Waals surface area contributed by atoms with Crippen LogP contribution in [0.5, 0.6) is 0 Å². The van der Waals surface area contributed by atoms with Crippen LogP contribution in [0, 0.1) is 0 Å². The topological polar surface area (TPSA) is 57.4 Å². The Morgan fingerprint density at radius 1 is 0.250 bits per heavy atom. The molecule has 7 aromatic rings. The van der Waals surface area contributed by atoms with Crippen LogP contribution in [0.4, 0.5) is 0 Å². The molecule has 9 rings (SSSR count). The lowest BCUT2D eigenvalue weighted by molar-refractivity contribution is 1.40. The SMILES string of the molecule is Clc1c(Cl)c(Cl)c2c(c1Cl)-c1cc3[nH]c(cc4nc(cc5[nH]c(cc-2n1)c1c(Cl)c(Cl)c(Cl)c(Cl)c51)-c1c(Cl)c(Cl)c(Cl)c(Cl)c1-4)c1c(Cl)c(Cl)c(Cl)c(Cl)c31. The van der Waals surface area contributed by atoms with Crippen LogP contribution in [0.25, 0.3) is 88.6 Å². The van der Waals surface area contributed by atoms with Crippen LogP contribution < -0.4 is 0 Å². The van der Waals surface area contributed by atoms with E-state index >= 15 is 0 Å². The van der Waals surface area contributed by atoms with Crippen molar-refractivity contribution in [1.29, 1.82) is 0 Å². The van der Waals surface area contributed by atoms with Gasteiger partial charge in [0.1, 0.15) is 0 Å². The summed E-state index contributed by atoms with van der Waals surface area (Å²) in [6, 6.07) is 6.66. The van der Waals surface area contributed by atoms with Crippen LogP contribution in [0.2, 0.25) is 80.4 Å². The second-order valence-corrected chi connectivity index (χ2v) is 18.3. The van der Waals surface area contributed by atoms with Crippen molar-refractivity contribution in [2.75, 3.05) is 0 Å². The van der Waals surface area contributed by atoms with E-state index in [0.717, 1.165) is 0 Å². The quantitative estimate of drug-likeness (QED) is 0.117. The third-order valence-corrected chi connectivity index (χ3v) is 16.5. The molecule has 2 aliphatic rings. The van der Waals surface area contributed by atoms with Gasteiger partial charge < -0.3 is 9.97 Å². The number of H-pyrrole nitrogens is 2. The Morgan fingerprint density at radius 2 is 0.429 bits per heavy atom. The van der Waals surface area contributed by atoms with Crippen molar-refractivity contribution in [3.8, 4) is 45.0 Å². The predicted molar refractivity (Wildman–Crippen MR) is 245 cm³/mol. The molecule has 282 valence electrons. The van der Waals surface area contributed by atoms with Gasteiger partial charge >= 0.3 is 0 Å². The van der Waals surface area contributed by atoms with Crippen LogP contribution in [-0.4, -0.2) is 19.9 Å². The molecule has 0 radical (unpaired) electrons. The lowest BCUT2D eigenvalue weighted by Gasteiger charge is -2.10. The van der Waals surface area contributed by atoms with E-state index in [-0.39, 0.29) is 80.4 Å². The Bertz CT molecular complexity index is 2810. The van der Waals surface area contributed by atoms with Crippen LogP contribution in [0.1, 0.15) is 0 Å². The average Bonchev–Trinajstić information content (AvgIpc) is 3.92. The van der Waals surface area contributed by atoms with E-state index in [4.69, 9.17) is 196 Å². The summed E-state index contributed by atoms with van der Waals surface area (Å²) >= 11 is 108. The van der Waals surface area contributed by atoms with Crippen molar-refractivity contribution >= 4 is 229 Å². The maximum Gasteiger partial charge on any atom is 0.0801 e. The van der Waals surface area contributed by atoms with Gasteiger partial charge in [-0.2, -0.15) is 0 Å². The van der Waals surface area contributed by atoms with Gasteiger partial charge in [-0.25, -0.2) is 9.97 Å². The largest absolute Gasteiger partial charge is 0.354 e. The minimum Gasteiger partial charge on any atom is -0.354 e. The molecule has 3 aromatic heterocycles.